The number of pyridine rings is 1. The van der Waals surface area contributed by atoms with Crippen molar-refractivity contribution >= 4 is 17.4 Å². The fourth-order valence-electron chi connectivity index (χ4n) is 1.62. The predicted octanol–water partition coefficient (Wildman–Crippen LogP) is 3.00. The zero-order chi connectivity index (χ0) is 13.1. The maximum absolute atomic E-state index is 6.07. The first-order valence-electron chi connectivity index (χ1n) is 5.30. The number of rotatable bonds is 3. The molecule has 0 saturated heterocycles. The number of nitrogen functional groups attached to an aromatic ring is 1. The summed E-state index contributed by atoms with van der Waals surface area (Å²) in [4.78, 5) is 4.26. The zero-order valence-electron chi connectivity index (χ0n) is 10.1. The Morgan fingerprint density at radius 3 is 2.28 bits per heavy atom. The van der Waals surface area contributed by atoms with Gasteiger partial charge >= 0.3 is 0 Å². The average molecular weight is 265 g/mol. The molecule has 1 aromatic carbocycles. The molecule has 0 saturated carbocycles. The van der Waals surface area contributed by atoms with Crippen molar-refractivity contribution in [2.75, 3.05) is 20.0 Å². The quantitative estimate of drug-likeness (QED) is 0.926. The van der Waals surface area contributed by atoms with Gasteiger partial charge in [-0.3, -0.25) is 0 Å². The second kappa shape index (κ2) is 5.14. The number of nitrogens with two attached hydrogens (primary N) is 1. The maximum atomic E-state index is 6.07. The number of halogens is 1. The number of anilines is 1. The SMILES string of the molecule is COc1ccc(-c2ccc(OC)c(N)n2)cc1Cl. The minimum absolute atomic E-state index is 0.349. The van der Waals surface area contributed by atoms with Gasteiger partial charge in [-0.2, -0.15) is 0 Å². The van der Waals surface area contributed by atoms with Gasteiger partial charge in [-0.05, 0) is 30.3 Å². The van der Waals surface area contributed by atoms with E-state index >= 15 is 0 Å². The van der Waals surface area contributed by atoms with Crippen molar-refractivity contribution in [1.29, 1.82) is 0 Å². The smallest absolute Gasteiger partial charge is 0.166 e. The molecule has 0 unspecified atom stereocenters. The Balaban J connectivity index is 2.42. The van der Waals surface area contributed by atoms with Crippen LogP contribution in [0.5, 0.6) is 11.5 Å². The Morgan fingerprint density at radius 2 is 1.72 bits per heavy atom. The first-order valence-corrected chi connectivity index (χ1v) is 5.68. The summed E-state index contributed by atoms with van der Waals surface area (Å²) in [6.45, 7) is 0. The summed E-state index contributed by atoms with van der Waals surface area (Å²) in [7, 11) is 3.13. The van der Waals surface area contributed by atoms with Gasteiger partial charge in [-0.1, -0.05) is 11.6 Å². The third-order valence-corrected chi connectivity index (χ3v) is 2.85. The Hall–Kier alpha value is -1.94. The summed E-state index contributed by atoms with van der Waals surface area (Å²) in [6.07, 6.45) is 0. The maximum Gasteiger partial charge on any atom is 0.166 e. The molecule has 2 N–H and O–H groups in total. The standard InChI is InChI=1S/C13H13ClN2O2/c1-17-11-5-3-8(7-9(11)14)10-4-6-12(18-2)13(15)16-10/h3-7H,1-2H3,(H2,15,16). The average Bonchev–Trinajstić information content (AvgIpc) is 2.38. The van der Waals surface area contributed by atoms with Crippen molar-refractivity contribution in [3.63, 3.8) is 0 Å². The van der Waals surface area contributed by atoms with Gasteiger partial charge in [0, 0.05) is 5.56 Å². The lowest BCUT2D eigenvalue weighted by Crippen LogP contribution is -1.97. The third kappa shape index (κ3) is 2.33. The van der Waals surface area contributed by atoms with Gasteiger partial charge in [-0.25, -0.2) is 4.98 Å². The van der Waals surface area contributed by atoms with Crippen molar-refractivity contribution in [3.8, 4) is 22.8 Å². The van der Waals surface area contributed by atoms with E-state index in [4.69, 9.17) is 26.8 Å². The Labute approximate surface area is 110 Å². The molecule has 0 aliphatic heterocycles. The molecule has 0 amide bonds. The van der Waals surface area contributed by atoms with E-state index in [1.54, 1.807) is 32.4 Å². The number of aromatic nitrogens is 1. The fraction of sp³-hybridized carbons (Fsp3) is 0.154. The van der Waals surface area contributed by atoms with E-state index in [-0.39, 0.29) is 0 Å². The molecule has 0 aliphatic carbocycles. The molecule has 0 aliphatic rings. The number of hydrogen-bond donors (Lipinski definition) is 1. The predicted molar refractivity (Wildman–Crippen MR) is 72.2 cm³/mol. The second-order valence-electron chi connectivity index (χ2n) is 3.63. The zero-order valence-corrected chi connectivity index (χ0v) is 10.9. The van der Waals surface area contributed by atoms with Gasteiger partial charge in [0.2, 0.25) is 0 Å². The Morgan fingerprint density at radius 1 is 1.06 bits per heavy atom. The molecule has 1 heterocycles. The number of hydrogen-bond acceptors (Lipinski definition) is 4. The van der Waals surface area contributed by atoms with E-state index in [1.807, 2.05) is 12.1 Å². The van der Waals surface area contributed by atoms with Crippen LogP contribution in [0, 0.1) is 0 Å². The van der Waals surface area contributed by atoms with Crippen LogP contribution in [0.3, 0.4) is 0 Å². The van der Waals surface area contributed by atoms with E-state index in [2.05, 4.69) is 4.98 Å². The monoisotopic (exact) mass is 264 g/mol. The van der Waals surface area contributed by atoms with Crippen molar-refractivity contribution in [1.82, 2.24) is 4.98 Å². The number of benzene rings is 1. The molecule has 94 valence electrons. The van der Waals surface area contributed by atoms with Gasteiger partial charge in [0.1, 0.15) is 5.75 Å². The van der Waals surface area contributed by atoms with Crippen LogP contribution in [-0.4, -0.2) is 19.2 Å². The first kappa shape index (κ1) is 12.5. The molecule has 4 nitrogen and oxygen atoms in total. The molecule has 2 aromatic rings. The van der Waals surface area contributed by atoms with E-state index in [0.717, 1.165) is 11.3 Å². The molecule has 0 fully saturated rings. The van der Waals surface area contributed by atoms with Crippen molar-refractivity contribution in [3.05, 3.63) is 35.4 Å². The number of nitrogens with zero attached hydrogens (tertiary/aromatic N) is 1. The minimum Gasteiger partial charge on any atom is -0.495 e. The molecule has 0 spiro atoms. The molecular weight excluding hydrogens is 252 g/mol. The Bertz CT molecular complexity index is 521. The van der Waals surface area contributed by atoms with Crippen LogP contribution in [0.25, 0.3) is 11.3 Å². The summed E-state index contributed by atoms with van der Waals surface area (Å²) in [5.41, 5.74) is 7.37. The lowest BCUT2D eigenvalue weighted by atomic mass is 10.1. The fourth-order valence-corrected chi connectivity index (χ4v) is 1.88. The van der Waals surface area contributed by atoms with E-state index in [0.29, 0.717) is 22.3 Å². The normalized spacial score (nSPS) is 10.2. The molecule has 2 rings (SSSR count). The molecule has 0 bridgehead atoms. The summed E-state index contributed by atoms with van der Waals surface area (Å²) in [6, 6.07) is 9.05. The lowest BCUT2D eigenvalue weighted by molar-refractivity contribution is 0.415. The van der Waals surface area contributed by atoms with E-state index in [9.17, 15) is 0 Å². The van der Waals surface area contributed by atoms with Crippen molar-refractivity contribution < 1.29 is 9.47 Å². The third-order valence-electron chi connectivity index (χ3n) is 2.55. The van der Waals surface area contributed by atoms with Crippen LogP contribution >= 0.6 is 11.6 Å². The first-order chi connectivity index (χ1) is 8.65. The summed E-state index contributed by atoms with van der Waals surface area (Å²) in [5.74, 6) is 1.53. The molecule has 0 atom stereocenters. The minimum atomic E-state index is 0.349. The largest absolute Gasteiger partial charge is 0.495 e. The number of methoxy groups -OCH3 is 2. The molecular formula is C13H13ClN2O2. The van der Waals surface area contributed by atoms with Gasteiger partial charge in [0.15, 0.2) is 11.6 Å². The molecule has 1 aromatic heterocycles. The molecule has 18 heavy (non-hydrogen) atoms. The highest BCUT2D eigenvalue weighted by Gasteiger charge is 2.07. The summed E-state index contributed by atoms with van der Waals surface area (Å²) < 4.78 is 10.2. The van der Waals surface area contributed by atoms with Crippen LogP contribution in [0.15, 0.2) is 30.3 Å². The highest BCUT2D eigenvalue weighted by Crippen LogP contribution is 2.31. The van der Waals surface area contributed by atoms with Crippen molar-refractivity contribution in [2.24, 2.45) is 0 Å². The summed E-state index contributed by atoms with van der Waals surface area (Å²) >= 11 is 6.07. The highest BCUT2D eigenvalue weighted by molar-refractivity contribution is 6.32. The van der Waals surface area contributed by atoms with Crippen LogP contribution in [-0.2, 0) is 0 Å². The Kier molecular flexibility index (Phi) is 3.58. The lowest BCUT2D eigenvalue weighted by Gasteiger charge is -2.08. The van der Waals surface area contributed by atoms with Gasteiger partial charge in [-0.15, -0.1) is 0 Å². The van der Waals surface area contributed by atoms with Crippen molar-refractivity contribution in [2.45, 2.75) is 0 Å². The van der Waals surface area contributed by atoms with E-state index in [1.165, 1.54) is 0 Å². The summed E-state index contributed by atoms with van der Waals surface area (Å²) in [5, 5.41) is 0.534. The molecule has 5 heteroatoms. The van der Waals surface area contributed by atoms with Crippen LogP contribution in [0.4, 0.5) is 5.82 Å². The van der Waals surface area contributed by atoms with Gasteiger partial charge < -0.3 is 15.2 Å². The molecule has 0 radical (unpaired) electrons. The van der Waals surface area contributed by atoms with Gasteiger partial charge in [0.25, 0.3) is 0 Å². The highest BCUT2D eigenvalue weighted by atomic mass is 35.5. The van der Waals surface area contributed by atoms with Gasteiger partial charge in [0.05, 0.1) is 24.9 Å². The topological polar surface area (TPSA) is 57.4 Å². The van der Waals surface area contributed by atoms with Crippen LogP contribution in [0.1, 0.15) is 0 Å². The second-order valence-corrected chi connectivity index (χ2v) is 4.04. The van der Waals surface area contributed by atoms with Crippen LogP contribution in [0.2, 0.25) is 5.02 Å². The van der Waals surface area contributed by atoms with E-state index < -0.39 is 0 Å². The number of ether oxygens (including phenoxy) is 2. The van der Waals surface area contributed by atoms with Crippen LogP contribution < -0.4 is 15.2 Å².